The molecule has 0 amide bonds. The Hall–Kier alpha value is -1.80. The van der Waals surface area contributed by atoms with Crippen molar-refractivity contribution in [2.24, 2.45) is 8.80 Å². The van der Waals surface area contributed by atoms with Gasteiger partial charge in [0.25, 0.3) is 21.2 Å². The molecule has 4 rings (SSSR count). The normalized spacial score (nSPS) is 19.2. The third-order valence-electron chi connectivity index (χ3n) is 4.35. The highest BCUT2D eigenvalue weighted by Crippen LogP contribution is 2.41. The fourth-order valence-corrected chi connectivity index (χ4v) is 6.44. The van der Waals surface area contributed by atoms with Crippen molar-refractivity contribution in [1.82, 2.24) is 4.31 Å². The molecular weight excluding hydrogens is 502 g/mol. The molecule has 0 radical (unpaired) electrons. The molecule has 1 atom stereocenters. The predicted octanol–water partition coefficient (Wildman–Crippen LogP) is 2.91. The summed E-state index contributed by atoms with van der Waals surface area (Å²) in [6, 6.07) is 7.28. The topological polar surface area (TPSA) is 123 Å². The smallest absolute Gasteiger partial charge is 0.269 e. The van der Waals surface area contributed by atoms with Crippen LogP contribution in [0.3, 0.4) is 0 Å². The van der Waals surface area contributed by atoms with Crippen molar-refractivity contribution in [2.75, 3.05) is 17.7 Å². The molecule has 1 aliphatic heterocycles. The Bertz CT molecular complexity index is 1160. The standard InChI is InChI=1S/C16H16BrN5O4S3/c1-22(9-6-7-9)29(25,26)16-13(23)12(8-27-16)19-15-14(20-28(24)21-15)18-11-5-3-2-4-10(11)17/h2-5,8-9,23H,6-7H2,1H3,(H,18,20)(H,19,21). The van der Waals surface area contributed by atoms with Gasteiger partial charge in [-0.1, -0.05) is 12.1 Å². The van der Waals surface area contributed by atoms with Crippen LogP contribution in [0, 0.1) is 0 Å². The number of nitrogens with zero attached hydrogens (tertiary/aromatic N) is 3. The first-order chi connectivity index (χ1) is 13.8. The van der Waals surface area contributed by atoms with Crippen molar-refractivity contribution in [3.8, 4) is 5.75 Å². The largest absolute Gasteiger partial charge is 0.504 e. The summed E-state index contributed by atoms with van der Waals surface area (Å²) < 4.78 is 47.0. The molecule has 2 heterocycles. The number of benzene rings is 1. The highest BCUT2D eigenvalue weighted by molar-refractivity contribution is 9.10. The zero-order valence-electron chi connectivity index (χ0n) is 15.0. The molecule has 1 aromatic heterocycles. The van der Waals surface area contributed by atoms with Crippen molar-refractivity contribution in [3.63, 3.8) is 0 Å². The van der Waals surface area contributed by atoms with E-state index in [2.05, 4.69) is 35.4 Å². The number of aromatic hydroxyl groups is 1. The minimum Gasteiger partial charge on any atom is -0.504 e. The van der Waals surface area contributed by atoms with Gasteiger partial charge in [-0.25, -0.2) is 12.6 Å². The van der Waals surface area contributed by atoms with Gasteiger partial charge in [0.05, 0.1) is 11.4 Å². The molecule has 3 N–H and O–H groups in total. The Morgan fingerprint density at radius 2 is 1.83 bits per heavy atom. The first-order valence-corrected chi connectivity index (χ1v) is 12.6. The van der Waals surface area contributed by atoms with Crippen LogP contribution in [0.2, 0.25) is 0 Å². The molecular formula is C16H16BrN5O4S3. The Balaban J connectivity index is 1.57. The number of hydrogen-bond donors (Lipinski definition) is 3. The molecule has 1 unspecified atom stereocenters. The van der Waals surface area contributed by atoms with Gasteiger partial charge in [0.2, 0.25) is 0 Å². The van der Waals surface area contributed by atoms with E-state index in [1.807, 2.05) is 18.2 Å². The summed E-state index contributed by atoms with van der Waals surface area (Å²) in [6.07, 6.45) is 1.63. The third kappa shape index (κ3) is 4.10. The first-order valence-electron chi connectivity index (χ1n) is 8.44. The van der Waals surface area contributed by atoms with E-state index in [0.29, 0.717) is 5.69 Å². The molecule has 2 aliphatic rings. The SMILES string of the molecule is CN(C1CC1)S(=O)(=O)c1scc(NC2=NS(=O)N=C2Nc2ccccc2Br)c1O. The van der Waals surface area contributed by atoms with Crippen LogP contribution in [0.4, 0.5) is 11.4 Å². The fourth-order valence-electron chi connectivity index (χ4n) is 2.62. The maximum Gasteiger partial charge on any atom is 0.269 e. The van der Waals surface area contributed by atoms with Crippen LogP contribution in [0.1, 0.15) is 12.8 Å². The third-order valence-corrected chi connectivity index (χ3v) is 9.12. The lowest BCUT2D eigenvalue weighted by Crippen LogP contribution is -2.28. The Kier molecular flexibility index (Phi) is 5.50. The zero-order valence-corrected chi connectivity index (χ0v) is 19.0. The molecule has 154 valence electrons. The molecule has 1 saturated carbocycles. The zero-order chi connectivity index (χ0) is 20.8. The molecule has 9 nitrogen and oxygen atoms in total. The van der Waals surface area contributed by atoms with Gasteiger partial charge in [-0.3, -0.25) is 0 Å². The maximum atomic E-state index is 12.7. The van der Waals surface area contributed by atoms with Crippen molar-refractivity contribution in [2.45, 2.75) is 23.1 Å². The van der Waals surface area contributed by atoms with Gasteiger partial charge in [0.1, 0.15) is 0 Å². The number of anilines is 2. The molecule has 1 aliphatic carbocycles. The summed E-state index contributed by atoms with van der Waals surface area (Å²) in [7, 11) is -2.28. The quantitative estimate of drug-likeness (QED) is 0.560. The number of halogens is 1. The summed E-state index contributed by atoms with van der Waals surface area (Å²) in [6.45, 7) is 0. The summed E-state index contributed by atoms with van der Waals surface area (Å²) in [5.74, 6) is -0.0601. The molecule has 29 heavy (non-hydrogen) atoms. The van der Waals surface area contributed by atoms with Crippen LogP contribution in [-0.4, -0.2) is 46.8 Å². The van der Waals surface area contributed by atoms with Gasteiger partial charge >= 0.3 is 0 Å². The second kappa shape index (κ2) is 7.80. The molecule has 13 heteroatoms. The lowest BCUT2D eigenvalue weighted by Gasteiger charge is -2.15. The second-order valence-corrected chi connectivity index (χ2v) is 11.1. The van der Waals surface area contributed by atoms with Gasteiger partial charge in [0, 0.05) is 22.9 Å². The minimum absolute atomic E-state index is 0.0215. The number of para-hydroxylation sites is 1. The fraction of sp³-hybridized carbons (Fsp3) is 0.250. The summed E-state index contributed by atoms with van der Waals surface area (Å²) in [5, 5.41) is 17.8. The minimum atomic E-state index is -3.79. The van der Waals surface area contributed by atoms with E-state index >= 15 is 0 Å². The van der Waals surface area contributed by atoms with Gasteiger partial charge in [-0.15, -0.1) is 20.1 Å². The van der Waals surface area contributed by atoms with Gasteiger partial charge in [0.15, 0.2) is 21.6 Å². The van der Waals surface area contributed by atoms with Crippen molar-refractivity contribution in [1.29, 1.82) is 0 Å². The van der Waals surface area contributed by atoms with Crippen LogP contribution in [0.15, 0.2) is 47.1 Å². The molecule has 0 spiro atoms. The number of amidine groups is 2. The van der Waals surface area contributed by atoms with Crippen molar-refractivity contribution < 1.29 is 17.7 Å². The number of thiophene rings is 1. The number of sulfonamides is 1. The average Bonchev–Trinajstić information content (AvgIpc) is 3.37. The Labute approximate surface area is 182 Å². The van der Waals surface area contributed by atoms with Crippen LogP contribution >= 0.6 is 27.3 Å². The first kappa shape index (κ1) is 20.5. The average molecular weight is 518 g/mol. The Morgan fingerprint density at radius 3 is 2.45 bits per heavy atom. The number of hydrogen-bond acceptors (Lipinski definition) is 7. The Morgan fingerprint density at radius 1 is 1.21 bits per heavy atom. The highest BCUT2D eigenvalue weighted by atomic mass is 79.9. The number of nitrogens with one attached hydrogen (secondary N) is 2. The number of rotatable bonds is 5. The van der Waals surface area contributed by atoms with Crippen LogP contribution in [0.25, 0.3) is 0 Å². The lowest BCUT2D eigenvalue weighted by molar-refractivity contribution is 0.445. The van der Waals surface area contributed by atoms with E-state index in [-0.39, 0.29) is 27.6 Å². The van der Waals surface area contributed by atoms with E-state index < -0.39 is 26.9 Å². The van der Waals surface area contributed by atoms with Crippen molar-refractivity contribution in [3.05, 3.63) is 34.1 Å². The molecule has 1 aromatic carbocycles. The van der Waals surface area contributed by atoms with Crippen LogP contribution < -0.4 is 10.6 Å². The molecule has 0 saturated heterocycles. The van der Waals surface area contributed by atoms with E-state index in [4.69, 9.17) is 0 Å². The summed E-state index contributed by atoms with van der Waals surface area (Å²) in [5.41, 5.74) is 0.834. The predicted molar refractivity (Wildman–Crippen MR) is 118 cm³/mol. The van der Waals surface area contributed by atoms with Gasteiger partial charge in [-0.2, -0.15) is 4.31 Å². The second-order valence-electron chi connectivity index (χ2n) is 6.38. The summed E-state index contributed by atoms with van der Waals surface area (Å²) in [4.78, 5) is 0. The lowest BCUT2D eigenvalue weighted by atomic mass is 10.3. The van der Waals surface area contributed by atoms with E-state index in [0.717, 1.165) is 28.7 Å². The van der Waals surface area contributed by atoms with Crippen molar-refractivity contribution >= 4 is 71.5 Å². The van der Waals surface area contributed by atoms with E-state index in [1.54, 1.807) is 6.07 Å². The van der Waals surface area contributed by atoms with Gasteiger partial charge < -0.3 is 15.7 Å². The molecule has 2 aromatic rings. The monoisotopic (exact) mass is 517 g/mol. The van der Waals surface area contributed by atoms with Gasteiger partial charge in [-0.05, 0) is 40.9 Å². The molecule has 0 bridgehead atoms. The highest BCUT2D eigenvalue weighted by Gasteiger charge is 2.38. The summed E-state index contributed by atoms with van der Waals surface area (Å²) >= 11 is 2.49. The van der Waals surface area contributed by atoms with E-state index in [9.17, 15) is 17.7 Å². The van der Waals surface area contributed by atoms with E-state index in [1.165, 1.54) is 16.7 Å². The van der Waals surface area contributed by atoms with Crippen LogP contribution in [0.5, 0.6) is 5.75 Å². The maximum absolute atomic E-state index is 12.7. The molecule has 1 fully saturated rings. The van der Waals surface area contributed by atoms with Crippen LogP contribution in [-0.2, 0) is 21.2 Å².